The minimum Gasteiger partial charge on any atom is -0.426 e. The molecule has 0 aromatic carbocycles. The number of nitrogens with two attached hydrogens (primary N) is 2. The van der Waals surface area contributed by atoms with Gasteiger partial charge in [-0.25, -0.2) is 0 Å². The van der Waals surface area contributed by atoms with Crippen molar-refractivity contribution in [3.63, 3.8) is 0 Å². The van der Waals surface area contributed by atoms with Gasteiger partial charge in [0.15, 0.2) is 0 Å². The Balaban J connectivity index is -0.0000000163. The second-order valence-corrected chi connectivity index (χ2v) is 8.37. The lowest BCUT2D eigenvalue weighted by atomic mass is 9.96. The molecule has 6 N–H and O–H groups in total. The molecule has 18 heteroatoms. The van der Waals surface area contributed by atoms with Crippen LogP contribution in [0.2, 0.25) is 0 Å². The maximum absolute atomic E-state index is 10.6. The molecule has 0 aliphatic rings. The summed E-state index contributed by atoms with van der Waals surface area (Å²) in [6.07, 6.45) is 0. The standard InChI is InChI=1S/2C5H12BNO5S.2CH2O.12CH4/c2*1-5(2)3-11-6(8)4-13(9,10)12-7;2*1-2;;;;;;;;;;;;/h2*8H,1,3-4,7H2,2H3;2*1H2;12*1H4. The van der Waals surface area contributed by atoms with Gasteiger partial charge in [-0.05, 0) is 13.8 Å². The molecule has 272 valence electrons. The zero-order valence-corrected chi connectivity index (χ0v) is 18.4. The minimum absolute atomic E-state index is 0. The van der Waals surface area contributed by atoms with E-state index in [9.17, 15) is 16.8 Å². The molecular formula is C24H76B2N2O12S2. The van der Waals surface area contributed by atoms with Crippen LogP contribution in [0.5, 0.6) is 0 Å². The summed E-state index contributed by atoms with van der Waals surface area (Å²) in [6.45, 7) is 14.5. The Morgan fingerprint density at radius 1 is 0.571 bits per heavy atom. The number of hydrogen-bond acceptors (Lipinski definition) is 14. The fourth-order valence-corrected chi connectivity index (χ4v) is 2.05. The summed E-state index contributed by atoms with van der Waals surface area (Å²) in [5, 5.41) is 18.0. The summed E-state index contributed by atoms with van der Waals surface area (Å²) in [5.74, 6) is 8.88. The van der Waals surface area contributed by atoms with Gasteiger partial charge in [0.1, 0.15) is 24.9 Å². The third-order valence-electron chi connectivity index (χ3n) is 2.03. The molecule has 0 aliphatic carbocycles. The normalized spacial score (nSPS) is 7.19. The summed E-state index contributed by atoms with van der Waals surface area (Å²) in [6, 6.07) is 0. The molecule has 0 spiro atoms. The first-order valence-electron chi connectivity index (χ1n) is 7.42. The Bertz CT molecular complexity index is 629. The zero-order chi connectivity index (χ0) is 25.0. The van der Waals surface area contributed by atoms with Crippen molar-refractivity contribution in [3.8, 4) is 0 Å². The second kappa shape index (κ2) is 63.0. The first-order chi connectivity index (χ1) is 13.7. The van der Waals surface area contributed by atoms with Gasteiger partial charge in [0.05, 0.1) is 13.2 Å². The Kier molecular flexibility index (Phi) is 158. The van der Waals surface area contributed by atoms with Crippen LogP contribution in [0.15, 0.2) is 24.3 Å². The lowest BCUT2D eigenvalue weighted by Crippen LogP contribution is -2.31. The molecule has 0 fully saturated rings. The lowest BCUT2D eigenvalue weighted by Gasteiger charge is -2.06. The average molecular weight is 671 g/mol. The van der Waals surface area contributed by atoms with Gasteiger partial charge in [0, 0.05) is 0 Å². The van der Waals surface area contributed by atoms with E-state index in [0.717, 1.165) is 0 Å². The van der Waals surface area contributed by atoms with Crippen LogP contribution in [-0.2, 0) is 47.7 Å². The summed E-state index contributed by atoms with van der Waals surface area (Å²) < 4.78 is 59.2. The van der Waals surface area contributed by atoms with Crippen molar-refractivity contribution >= 4 is 48.1 Å². The monoisotopic (exact) mass is 671 g/mol. The Labute approximate surface area is 265 Å². The predicted octanol–water partition coefficient (Wildman–Crippen LogP) is 4.90. The van der Waals surface area contributed by atoms with Crippen molar-refractivity contribution in [2.75, 3.05) is 24.5 Å². The topological polar surface area (TPSA) is 232 Å². The quantitative estimate of drug-likeness (QED) is 0.123. The highest BCUT2D eigenvalue weighted by Gasteiger charge is 2.24. The van der Waals surface area contributed by atoms with Gasteiger partial charge in [-0.1, -0.05) is 113 Å². The van der Waals surface area contributed by atoms with E-state index in [1.165, 1.54) is 0 Å². The van der Waals surface area contributed by atoms with Crippen LogP contribution in [0, 0.1) is 0 Å². The van der Waals surface area contributed by atoms with Gasteiger partial charge in [-0.3, -0.25) is 0 Å². The van der Waals surface area contributed by atoms with E-state index in [2.05, 4.69) is 42.8 Å². The molecule has 0 aliphatic heterocycles. The lowest BCUT2D eigenvalue weighted by molar-refractivity contribution is -0.0987. The van der Waals surface area contributed by atoms with Crippen LogP contribution < -0.4 is 11.8 Å². The Morgan fingerprint density at radius 3 is 0.857 bits per heavy atom. The van der Waals surface area contributed by atoms with E-state index < -0.39 is 45.8 Å². The van der Waals surface area contributed by atoms with Crippen LogP contribution in [0.1, 0.15) is 103 Å². The highest BCUT2D eigenvalue weighted by molar-refractivity contribution is 7.88. The van der Waals surface area contributed by atoms with Crippen LogP contribution in [-0.4, -0.2) is 79.2 Å². The molecule has 0 atom stereocenters. The third-order valence-corrected chi connectivity index (χ3v) is 4.00. The van der Waals surface area contributed by atoms with E-state index in [1.807, 2.05) is 13.6 Å². The molecule has 0 bridgehead atoms. The maximum Gasteiger partial charge on any atom is 0.472 e. The van der Waals surface area contributed by atoms with E-state index in [1.54, 1.807) is 13.8 Å². The molecule has 42 heavy (non-hydrogen) atoms. The van der Waals surface area contributed by atoms with Crippen LogP contribution in [0.3, 0.4) is 0 Å². The fraction of sp³-hybridized carbons (Fsp3) is 0.750. The highest BCUT2D eigenvalue weighted by Crippen LogP contribution is 1.96. The molecule has 0 saturated heterocycles. The second-order valence-electron chi connectivity index (χ2n) is 5.09. The molecular weight excluding hydrogens is 594 g/mol. The van der Waals surface area contributed by atoms with Gasteiger partial charge < -0.3 is 28.9 Å². The molecule has 0 aromatic heterocycles. The number of rotatable bonds is 12. The van der Waals surface area contributed by atoms with E-state index in [0.29, 0.717) is 11.1 Å². The van der Waals surface area contributed by atoms with Crippen molar-refractivity contribution in [2.45, 2.75) is 103 Å². The van der Waals surface area contributed by atoms with Gasteiger partial charge >= 0.3 is 14.2 Å². The third kappa shape index (κ3) is 90.2. The fourth-order valence-electron chi connectivity index (χ4n) is 1.00. The molecule has 0 unspecified atom stereocenters. The highest BCUT2D eigenvalue weighted by atomic mass is 32.2. The first kappa shape index (κ1) is 105. The predicted molar refractivity (Wildman–Crippen MR) is 191 cm³/mol. The average Bonchev–Trinajstić information content (AvgIpc) is 2.68. The molecule has 0 heterocycles. The number of carbonyl (C=O) groups is 2. The smallest absolute Gasteiger partial charge is 0.426 e. The van der Waals surface area contributed by atoms with Crippen molar-refractivity contribution in [1.82, 2.24) is 0 Å². The number of hydrogen-bond donors (Lipinski definition) is 4. The van der Waals surface area contributed by atoms with Crippen LogP contribution in [0.25, 0.3) is 0 Å². The molecule has 0 rings (SSSR count). The first-order valence-corrected chi connectivity index (χ1v) is 10.6. The van der Waals surface area contributed by atoms with Crippen molar-refractivity contribution in [1.29, 1.82) is 0 Å². The van der Waals surface area contributed by atoms with E-state index in [4.69, 9.17) is 19.6 Å². The summed E-state index contributed by atoms with van der Waals surface area (Å²) >= 11 is 0. The number of carbonyl (C=O) groups excluding carboxylic acids is 2. The van der Waals surface area contributed by atoms with Crippen molar-refractivity contribution < 1.29 is 54.3 Å². The minimum atomic E-state index is -3.89. The van der Waals surface area contributed by atoms with Crippen molar-refractivity contribution in [3.05, 3.63) is 24.3 Å². The molecule has 0 amide bonds. The summed E-state index contributed by atoms with van der Waals surface area (Å²) in [5.41, 5.74) is -0.0525. The summed E-state index contributed by atoms with van der Waals surface area (Å²) in [4.78, 5) is 16.0. The van der Waals surface area contributed by atoms with Crippen LogP contribution in [0.4, 0.5) is 0 Å². The Hall–Kier alpha value is -1.47. The molecule has 0 saturated carbocycles. The van der Waals surface area contributed by atoms with Gasteiger partial charge in [0.2, 0.25) is 0 Å². The van der Waals surface area contributed by atoms with Gasteiger partial charge in [-0.15, -0.1) is 0 Å². The van der Waals surface area contributed by atoms with E-state index >= 15 is 0 Å². The largest absolute Gasteiger partial charge is 0.472 e. The molecule has 14 nitrogen and oxygen atoms in total. The van der Waals surface area contributed by atoms with Crippen LogP contribution >= 0.6 is 0 Å². The zero-order valence-electron chi connectivity index (χ0n) is 16.8. The Morgan fingerprint density at radius 2 is 0.738 bits per heavy atom. The van der Waals surface area contributed by atoms with Gasteiger partial charge in [-0.2, -0.15) is 37.2 Å². The van der Waals surface area contributed by atoms with Crippen molar-refractivity contribution in [2.24, 2.45) is 11.8 Å². The summed E-state index contributed by atoms with van der Waals surface area (Å²) in [7, 11) is -10.7. The molecule has 0 aromatic rings. The molecule has 0 radical (unpaired) electrons. The van der Waals surface area contributed by atoms with E-state index in [-0.39, 0.29) is 102 Å². The van der Waals surface area contributed by atoms with Gasteiger partial charge in [0.25, 0.3) is 20.2 Å². The maximum atomic E-state index is 10.6. The SMILES string of the molecule is C.C.C.C.C.C.C.C.C.C.C.C.C=C(C)COB(O)CS(=O)(=O)ON.C=C(C)COB(O)CS(=O)(=O)ON.C=O.C=O.